The maximum atomic E-state index is 11.4. The molecular formula is C11H21N3O. The van der Waals surface area contributed by atoms with Crippen LogP contribution in [0.25, 0.3) is 0 Å². The third-order valence-corrected chi connectivity index (χ3v) is 2.86. The summed E-state index contributed by atoms with van der Waals surface area (Å²) in [7, 11) is 0. The molecule has 1 fully saturated rings. The van der Waals surface area contributed by atoms with Gasteiger partial charge in [0.25, 0.3) is 0 Å². The molecule has 0 aromatic carbocycles. The maximum Gasteiger partial charge on any atom is 0.234 e. The summed E-state index contributed by atoms with van der Waals surface area (Å²) < 4.78 is 0. The summed E-state index contributed by atoms with van der Waals surface area (Å²) in [5, 5.41) is 2.77. The minimum Gasteiger partial charge on any atom is -0.352 e. The van der Waals surface area contributed by atoms with Crippen LogP contribution in [-0.2, 0) is 4.79 Å². The lowest BCUT2D eigenvalue weighted by Crippen LogP contribution is -2.37. The van der Waals surface area contributed by atoms with Crippen molar-refractivity contribution < 1.29 is 4.79 Å². The van der Waals surface area contributed by atoms with E-state index in [-0.39, 0.29) is 11.9 Å². The van der Waals surface area contributed by atoms with Crippen molar-refractivity contribution in [1.29, 1.82) is 0 Å². The zero-order valence-electron chi connectivity index (χ0n) is 9.41. The number of hydrogen-bond acceptors (Lipinski definition) is 3. The van der Waals surface area contributed by atoms with Crippen molar-refractivity contribution in [2.24, 2.45) is 11.7 Å². The second-order valence-corrected chi connectivity index (χ2v) is 4.24. The molecule has 4 nitrogen and oxygen atoms in total. The molecule has 2 unspecified atom stereocenters. The number of nitrogens with zero attached hydrogens (tertiary/aromatic N) is 1. The lowest BCUT2D eigenvalue weighted by Gasteiger charge is -2.17. The molecule has 0 saturated carbocycles. The fourth-order valence-electron chi connectivity index (χ4n) is 1.88. The van der Waals surface area contributed by atoms with Gasteiger partial charge in [-0.15, -0.1) is 6.58 Å². The van der Waals surface area contributed by atoms with Crippen LogP contribution in [0.3, 0.4) is 0 Å². The van der Waals surface area contributed by atoms with Crippen molar-refractivity contribution >= 4 is 5.91 Å². The Hall–Kier alpha value is -0.870. The molecule has 15 heavy (non-hydrogen) atoms. The molecule has 0 aliphatic carbocycles. The van der Waals surface area contributed by atoms with Gasteiger partial charge in [0, 0.05) is 19.1 Å². The number of nitrogens with one attached hydrogen (secondary N) is 1. The molecule has 0 aromatic rings. The van der Waals surface area contributed by atoms with Crippen LogP contribution in [0.1, 0.15) is 13.3 Å². The van der Waals surface area contributed by atoms with Crippen molar-refractivity contribution in [3.8, 4) is 0 Å². The summed E-state index contributed by atoms with van der Waals surface area (Å²) in [5.74, 6) is 0.609. The van der Waals surface area contributed by atoms with E-state index in [1.54, 1.807) is 6.08 Å². The van der Waals surface area contributed by atoms with Gasteiger partial charge in [-0.25, -0.2) is 0 Å². The van der Waals surface area contributed by atoms with Crippen LogP contribution in [0.2, 0.25) is 0 Å². The van der Waals surface area contributed by atoms with Gasteiger partial charge in [0.05, 0.1) is 6.54 Å². The minimum absolute atomic E-state index is 0.0697. The molecule has 1 heterocycles. The lowest BCUT2D eigenvalue weighted by molar-refractivity contribution is -0.121. The number of amides is 1. The Kier molecular flexibility index (Phi) is 4.78. The molecule has 0 radical (unpaired) electrons. The Morgan fingerprint density at radius 2 is 2.53 bits per heavy atom. The van der Waals surface area contributed by atoms with Gasteiger partial charge < -0.3 is 11.1 Å². The van der Waals surface area contributed by atoms with Gasteiger partial charge >= 0.3 is 0 Å². The molecule has 4 heteroatoms. The molecular weight excluding hydrogens is 190 g/mol. The summed E-state index contributed by atoms with van der Waals surface area (Å²) in [6.45, 7) is 8.54. The van der Waals surface area contributed by atoms with E-state index < -0.39 is 0 Å². The van der Waals surface area contributed by atoms with Crippen LogP contribution in [-0.4, -0.2) is 43.0 Å². The Bertz CT molecular complexity index is 228. The maximum absolute atomic E-state index is 11.4. The van der Waals surface area contributed by atoms with Crippen LogP contribution in [0.4, 0.5) is 0 Å². The smallest absolute Gasteiger partial charge is 0.234 e. The van der Waals surface area contributed by atoms with E-state index in [9.17, 15) is 4.79 Å². The van der Waals surface area contributed by atoms with E-state index in [2.05, 4.69) is 16.8 Å². The largest absolute Gasteiger partial charge is 0.352 e. The van der Waals surface area contributed by atoms with Crippen molar-refractivity contribution in [2.45, 2.75) is 19.4 Å². The number of rotatable bonds is 5. The van der Waals surface area contributed by atoms with Gasteiger partial charge in [-0.3, -0.25) is 9.69 Å². The van der Waals surface area contributed by atoms with Crippen molar-refractivity contribution in [3.05, 3.63) is 12.7 Å². The molecule has 0 bridgehead atoms. The molecule has 0 spiro atoms. The average Bonchev–Trinajstić information content (AvgIpc) is 2.63. The molecule has 86 valence electrons. The third kappa shape index (κ3) is 4.01. The first-order valence-corrected chi connectivity index (χ1v) is 5.49. The summed E-state index contributed by atoms with van der Waals surface area (Å²) in [6.07, 6.45) is 2.79. The van der Waals surface area contributed by atoms with Gasteiger partial charge in [0.2, 0.25) is 5.91 Å². The monoisotopic (exact) mass is 211 g/mol. The Morgan fingerprint density at radius 3 is 3.07 bits per heavy atom. The highest BCUT2D eigenvalue weighted by molar-refractivity contribution is 5.78. The van der Waals surface area contributed by atoms with E-state index in [1.165, 1.54) is 0 Å². The van der Waals surface area contributed by atoms with Crippen molar-refractivity contribution in [1.82, 2.24) is 10.2 Å². The van der Waals surface area contributed by atoms with Gasteiger partial charge in [0.1, 0.15) is 0 Å². The topological polar surface area (TPSA) is 58.4 Å². The summed E-state index contributed by atoms with van der Waals surface area (Å²) >= 11 is 0. The van der Waals surface area contributed by atoms with Crippen molar-refractivity contribution in [2.75, 3.05) is 26.2 Å². The van der Waals surface area contributed by atoms with Crippen LogP contribution in [0.5, 0.6) is 0 Å². The molecule has 2 atom stereocenters. The first-order chi connectivity index (χ1) is 7.13. The zero-order chi connectivity index (χ0) is 11.3. The molecule has 3 N–H and O–H groups in total. The molecule has 1 aliphatic heterocycles. The lowest BCUT2D eigenvalue weighted by atomic mass is 10.0. The summed E-state index contributed by atoms with van der Waals surface area (Å²) in [6, 6.07) is 0.228. The standard InChI is InChI=1S/C11H21N3O/c1-3-5-13-11(15)8-14-6-4-10(7-14)9(2)12/h3,9-10H,1,4-8,12H2,2H3,(H,13,15). The van der Waals surface area contributed by atoms with Crippen LogP contribution in [0.15, 0.2) is 12.7 Å². The second-order valence-electron chi connectivity index (χ2n) is 4.24. The minimum atomic E-state index is 0.0697. The van der Waals surface area contributed by atoms with Crippen LogP contribution < -0.4 is 11.1 Å². The second kappa shape index (κ2) is 5.88. The molecule has 1 rings (SSSR count). The first-order valence-electron chi connectivity index (χ1n) is 5.49. The predicted molar refractivity (Wildman–Crippen MR) is 61.4 cm³/mol. The van der Waals surface area contributed by atoms with E-state index in [4.69, 9.17) is 5.73 Å². The summed E-state index contributed by atoms with van der Waals surface area (Å²) in [5.41, 5.74) is 5.83. The van der Waals surface area contributed by atoms with Gasteiger partial charge in [-0.05, 0) is 25.8 Å². The number of carbonyl (C=O) groups excluding carboxylic acids is 1. The first kappa shape index (κ1) is 12.2. The van der Waals surface area contributed by atoms with E-state index >= 15 is 0 Å². The molecule has 1 aliphatic rings. The molecule has 1 saturated heterocycles. The Morgan fingerprint density at radius 1 is 1.80 bits per heavy atom. The highest BCUT2D eigenvalue weighted by atomic mass is 16.2. The fourth-order valence-corrected chi connectivity index (χ4v) is 1.88. The van der Waals surface area contributed by atoms with Gasteiger partial charge in [0.15, 0.2) is 0 Å². The number of hydrogen-bond donors (Lipinski definition) is 2. The van der Waals surface area contributed by atoms with Crippen molar-refractivity contribution in [3.63, 3.8) is 0 Å². The molecule has 0 aromatic heterocycles. The van der Waals surface area contributed by atoms with E-state index in [0.29, 0.717) is 19.0 Å². The number of nitrogens with two attached hydrogens (primary N) is 1. The van der Waals surface area contributed by atoms with Gasteiger partial charge in [-0.2, -0.15) is 0 Å². The normalized spacial score (nSPS) is 23.7. The highest BCUT2D eigenvalue weighted by Crippen LogP contribution is 2.17. The predicted octanol–water partition coefficient (Wildman–Crippen LogP) is -0.0423. The van der Waals surface area contributed by atoms with Crippen LogP contribution in [0, 0.1) is 5.92 Å². The number of likely N-dealkylation sites (tertiary alicyclic amines) is 1. The zero-order valence-corrected chi connectivity index (χ0v) is 9.41. The summed E-state index contributed by atoms with van der Waals surface area (Å²) in [4.78, 5) is 13.6. The van der Waals surface area contributed by atoms with Crippen LogP contribution >= 0.6 is 0 Å². The van der Waals surface area contributed by atoms with E-state index in [1.807, 2.05) is 6.92 Å². The average molecular weight is 211 g/mol. The third-order valence-electron chi connectivity index (χ3n) is 2.86. The van der Waals surface area contributed by atoms with E-state index in [0.717, 1.165) is 19.5 Å². The quantitative estimate of drug-likeness (QED) is 0.627. The Labute approximate surface area is 91.5 Å². The number of carbonyl (C=O) groups is 1. The highest BCUT2D eigenvalue weighted by Gasteiger charge is 2.25. The fraction of sp³-hybridized carbons (Fsp3) is 0.727. The Balaban J connectivity index is 2.23. The van der Waals surface area contributed by atoms with Gasteiger partial charge in [-0.1, -0.05) is 6.08 Å². The molecule has 1 amide bonds. The SMILES string of the molecule is C=CCNC(=O)CN1CCC(C(C)N)C1.